The Bertz CT molecular complexity index is 1350. The van der Waals surface area contributed by atoms with Crippen molar-refractivity contribution in [3.63, 3.8) is 0 Å². The van der Waals surface area contributed by atoms with Gasteiger partial charge in [-0.1, -0.05) is 78.2 Å². The number of aliphatic hydroxyl groups excluding tert-OH is 1. The van der Waals surface area contributed by atoms with Gasteiger partial charge in [-0.2, -0.15) is 0 Å². The van der Waals surface area contributed by atoms with Gasteiger partial charge >= 0.3 is 5.97 Å². The molecule has 1 spiro atoms. The lowest BCUT2D eigenvalue weighted by atomic mass is 9.74. The summed E-state index contributed by atoms with van der Waals surface area (Å²) in [6.07, 6.45) is 7.37. The zero-order valence-electron chi connectivity index (χ0n) is 26.4. The van der Waals surface area contributed by atoms with Crippen LogP contribution in [0.4, 0.5) is 0 Å². The number of rotatable bonds is 7. The molecule has 5 rings (SSSR count). The Labute approximate surface area is 273 Å². The highest BCUT2D eigenvalue weighted by Gasteiger charge is 2.75. The number of carbonyl (C=O) groups is 4. The van der Waals surface area contributed by atoms with Crippen molar-refractivity contribution < 1.29 is 33.8 Å². The number of benzene rings is 1. The molecule has 1 aromatic rings. The second-order valence-corrected chi connectivity index (χ2v) is 13.5. The number of amides is 3. The molecule has 45 heavy (non-hydrogen) atoms. The quantitative estimate of drug-likeness (QED) is 0.264. The molecule has 5 bridgehead atoms. The number of unbranched alkanes of at least 4 members (excludes halogenated alkanes) is 2. The molecule has 4 aliphatic heterocycles. The van der Waals surface area contributed by atoms with Crippen molar-refractivity contribution in [1.82, 2.24) is 14.7 Å². The van der Waals surface area contributed by atoms with Gasteiger partial charge < -0.3 is 29.3 Å². The first-order valence-corrected chi connectivity index (χ1v) is 16.8. The largest absolute Gasteiger partial charge is 0.455 e. The molecule has 11 heteroatoms. The first kappa shape index (κ1) is 33.3. The molecule has 2 saturated heterocycles. The fraction of sp³-hybridized carbons (Fsp3) is 0.588. The summed E-state index contributed by atoms with van der Waals surface area (Å²) in [6.45, 7) is 6.04. The first-order valence-electron chi connectivity index (χ1n) is 16.0. The number of hydrogen-bond acceptors (Lipinski definition) is 7. The summed E-state index contributed by atoms with van der Waals surface area (Å²) in [7, 11) is 1.71. The Morgan fingerprint density at radius 2 is 1.80 bits per heavy atom. The van der Waals surface area contributed by atoms with Gasteiger partial charge in [-0.05, 0) is 38.3 Å². The van der Waals surface area contributed by atoms with Crippen molar-refractivity contribution in [2.75, 3.05) is 26.7 Å². The number of allylic oxidation sites excluding steroid dienone is 1. The SMILES string of the molecule is CCCCCN1C/C=C\CCC(=O)N(C)[C@@H](C)[C@H](c2ccccc2)OC(=O)[C@H]2[C@@H]3O[C@@]4(C=C3Br)[C@@H]2C(=O)N([C@H](C)CO)[C@@H]4C1=O. The maximum absolute atomic E-state index is 14.6. The van der Waals surface area contributed by atoms with E-state index >= 15 is 0 Å². The van der Waals surface area contributed by atoms with Crippen molar-refractivity contribution in [3.8, 4) is 0 Å². The molecule has 0 aromatic heterocycles. The van der Waals surface area contributed by atoms with Gasteiger partial charge in [-0.25, -0.2) is 0 Å². The summed E-state index contributed by atoms with van der Waals surface area (Å²) >= 11 is 3.59. The number of ether oxygens (including phenoxy) is 2. The number of hydrogen-bond donors (Lipinski definition) is 1. The normalized spacial score (nSPS) is 33.7. The molecule has 244 valence electrons. The van der Waals surface area contributed by atoms with Crippen molar-refractivity contribution in [1.29, 1.82) is 0 Å². The molecular weight excluding hydrogens is 642 g/mol. The Hall–Kier alpha value is -3.02. The third-order valence-corrected chi connectivity index (χ3v) is 10.5. The predicted octanol–water partition coefficient (Wildman–Crippen LogP) is 3.74. The van der Waals surface area contributed by atoms with Crippen molar-refractivity contribution in [3.05, 3.63) is 58.6 Å². The second kappa shape index (κ2) is 13.8. The van der Waals surface area contributed by atoms with Crippen LogP contribution in [0.3, 0.4) is 0 Å². The molecule has 2 fully saturated rings. The molecule has 1 N–H and O–H groups in total. The third kappa shape index (κ3) is 5.99. The van der Waals surface area contributed by atoms with E-state index in [2.05, 4.69) is 22.9 Å². The average molecular weight is 687 g/mol. The number of aliphatic hydroxyl groups is 1. The van der Waals surface area contributed by atoms with Crippen LogP contribution in [0.25, 0.3) is 0 Å². The first-order chi connectivity index (χ1) is 21.6. The van der Waals surface area contributed by atoms with E-state index in [0.717, 1.165) is 19.3 Å². The molecule has 8 atom stereocenters. The number of halogens is 1. The number of cyclic esters (lactones) is 1. The van der Waals surface area contributed by atoms with Gasteiger partial charge in [-0.15, -0.1) is 0 Å². The summed E-state index contributed by atoms with van der Waals surface area (Å²) in [6, 6.07) is 6.98. The lowest BCUT2D eigenvalue weighted by Crippen LogP contribution is -2.58. The number of esters is 1. The van der Waals surface area contributed by atoms with E-state index in [1.54, 1.807) is 29.8 Å². The zero-order valence-corrected chi connectivity index (χ0v) is 28.0. The van der Waals surface area contributed by atoms with Gasteiger partial charge in [-0.3, -0.25) is 19.2 Å². The van der Waals surface area contributed by atoms with Crippen LogP contribution in [-0.2, 0) is 28.7 Å². The number of likely N-dealkylation sites (tertiary alicyclic amines) is 1. The molecule has 0 aliphatic carbocycles. The third-order valence-electron chi connectivity index (χ3n) is 9.78. The second-order valence-electron chi connectivity index (χ2n) is 12.6. The topological polar surface area (TPSA) is 117 Å². The molecule has 10 nitrogen and oxygen atoms in total. The van der Waals surface area contributed by atoms with E-state index in [9.17, 15) is 24.3 Å². The molecule has 0 unspecified atom stereocenters. The zero-order chi connectivity index (χ0) is 32.5. The Balaban J connectivity index is 1.61. The van der Waals surface area contributed by atoms with Gasteiger partial charge in [0.1, 0.15) is 29.8 Å². The smallest absolute Gasteiger partial charge is 0.313 e. The van der Waals surface area contributed by atoms with Gasteiger partial charge in [0, 0.05) is 31.0 Å². The van der Waals surface area contributed by atoms with Crippen molar-refractivity contribution in [2.45, 2.75) is 88.8 Å². The number of nitrogens with zero attached hydrogens (tertiary/aromatic N) is 3. The van der Waals surface area contributed by atoms with E-state index in [1.165, 1.54) is 4.90 Å². The number of fused-ring (bicyclic) bond motifs is 2. The fourth-order valence-electron chi connectivity index (χ4n) is 7.21. The molecule has 0 saturated carbocycles. The van der Waals surface area contributed by atoms with Gasteiger partial charge in [0.25, 0.3) is 0 Å². The molecule has 1 aromatic carbocycles. The van der Waals surface area contributed by atoms with Crippen LogP contribution in [-0.4, -0.2) is 100 Å². The highest BCUT2D eigenvalue weighted by molar-refractivity contribution is 9.11. The fourth-order valence-corrected chi connectivity index (χ4v) is 7.95. The lowest BCUT2D eigenvalue weighted by molar-refractivity contribution is -0.164. The Kier molecular flexibility index (Phi) is 10.2. The molecule has 3 amide bonds. The Morgan fingerprint density at radius 3 is 2.49 bits per heavy atom. The van der Waals surface area contributed by atoms with Crippen LogP contribution >= 0.6 is 15.9 Å². The molecular formula is C34H44BrN3O7. The maximum Gasteiger partial charge on any atom is 0.313 e. The summed E-state index contributed by atoms with van der Waals surface area (Å²) < 4.78 is 13.4. The Morgan fingerprint density at radius 1 is 1.07 bits per heavy atom. The lowest BCUT2D eigenvalue weighted by Gasteiger charge is -2.37. The van der Waals surface area contributed by atoms with Crippen LogP contribution in [0.2, 0.25) is 0 Å². The van der Waals surface area contributed by atoms with E-state index in [0.29, 0.717) is 29.6 Å². The van der Waals surface area contributed by atoms with E-state index < -0.39 is 59.6 Å². The van der Waals surface area contributed by atoms with Crippen LogP contribution in [0, 0.1) is 11.8 Å². The standard InChI is InChI=1S/C34H44BrN3O7/c1-5-6-12-17-37-18-13-8-11-16-25(40)36(4)22(3)28(23-14-9-7-10-15-23)44-33(43)26-27-31(41)38(21(2)20-39)30(32(37)42)34(27)19-24(35)29(26)45-34/h7-10,13-15,19,21-22,26-30,39H,5-6,11-12,16-18,20H2,1-4H3/b13-8-/t21-,22+,26-,27+,28-,29-,30-,34+/m1/s1. The van der Waals surface area contributed by atoms with Crippen LogP contribution < -0.4 is 0 Å². The van der Waals surface area contributed by atoms with Crippen molar-refractivity contribution >= 4 is 39.6 Å². The number of likely N-dealkylation sites (N-methyl/N-ethyl adjacent to an activating group) is 1. The van der Waals surface area contributed by atoms with Crippen molar-refractivity contribution in [2.24, 2.45) is 11.8 Å². The van der Waals surface area contributed by atoms with E-state index in [1.807, 2.05) is 49.4 Å². The predicted molar refractivity (Wildman–Crippen MR) is 171 cm³/mol. The minimum Gasteiger partial charge on any atom is -0.455 e. The highest BCUT2D eigenvalue weighted by atomic mass is 79.9. The molecule has 4 aliphatic rings. The van der Waals surface area contributed by atoms with E-state index in [4.69, 9.17) is 9.47 Å². The van der Waals surface area contributed by atoms with Gasteiger partial charge in [0.05, 0.1) is 24.6 Å². The van der Waals surface area contributed by atoms with Gasteiger partial charge in [0.15, 0.2) is 0 Å². The highest BCUT2D eigenvalue weighted by Crippen LogP contribution is 2.59. The number of carbonyl (C=O) groups excluding carboxylic acids is 4. The monoisotopic (exact) mass is 685 g/mol. The summed E-state index contributed by atoms with van der Waals surface area (Å²) in [5.41, 5.74) is -0.695. The van der Waals surface area contributed by atoms with Gasteiger partial charge in [0.2, 0.25) is 17.7 Å². The molecule has 4 heterocycles. The van der Waals surface area contributed by atoms with E-state index in [-0.39, 0.29) is 24.8 Å². The minimum absolute atomic E-state index is 0.0971. The average Bonchev–Trinajstić information content (AvgIpc) is 3.64. The summed E-state index contributed by atoms with van der Waals surface area (Å²) in [4.78, 5) is 61.2. The molecule has 0 radical (unpaired) electrons. The van der Waals surface area contributed by atoms with Crippen LogP contribution in [0.1, 0.15) is 64.5 Å². The summed E-state index contributed by atoms with van der Waals surface area (Å²) in [5, 5.41) is 10.2. The minimum atomic E-state index is -1.41. The van der Waals surface area contributed by atoms with Crippen LogP contribution in [0.15, 0.2) is 53.0 Å². The maximum atomic E-state index is 14.6. The summed E-state index contributed by atoms with van der Waals surface area (Å²) in [5.74, 6) is -3.51. The van der Waals surface area contributed by atoms with Crippen LogP contribution in [0.5, 0.6) is 0 Å².